The van der Waals surface area contributed by atoms with Crippen molar-refractivity contribution in [2.24, 2.45) is 0 Å². The number of halogens is 2. The highest BCUT2D eigenvalue weighted by atomic mass is 35.5. The number of carbonyl (C=O) groups is 2. The van der Waals surface area contributed by atoms with E-state index in [-0.39, 0.29) is 18.5 Å². The van der Waals surface area contributed by atoms with Gasteiger partial charge in [-0.15, -0.1) is 0 Å². The number of ether oxygens (including phenoxy) is 1. The third kappa shape index (κ3) is 9.37. The fourth-order valence-corrected chi connectivity index (χ4v) is 5.43. The number of rotatable bonds is 14. The Labute approximate surface area is 258 Å². The summed E-state index contributed by atoms with van der Waals surface area (Å²) < 4.78 is 32.6. The fourth-order valence-electron chi connectivity index (χ4n) is 4.26. The van der Waals surface area contributed by atoms with Crippen molar-refractivity contribution in [1.29, 1.82) is 0 Å². The highest BCUT2D eigenvalue weighted by Gasteiger charge is 2.32. The SMILES string of the molecule is CC[C@@H](C)NC(=O)[C@@H](CC)N(Cc1ccc(Cl)c(Cl)c1)C(=O)CN(c1ccc(OCc2ccccc2)cc1)S(C)(=O)=O. The second-order valence-electron chi connectivity index (χ2n) is 10.0. The van der Waals surface area contributed by atoms with Crippen molar-refractivity contribution < 1.29 is 22.7 Å². The maximum Gasteiger partial charge on any atom is 0.244 e. The molecule has 3 aromatic rings. The molecule has 8 nitrogen and oxygen atoms in total. The predicted molar refractivity (Wildman–Crippen MR) is 168 cm³/mol. The minimum Gasteiger partial charge on any atom is -0.489 e. The van der Waals surface area contributed by atoms with Crippen LogP contribution in [0.2, 0.25) is 10.0 Å². The van der Waals surface area contributed by atoms with Crippen LogP contribution in [0.25, 0.3) is 0 Å². The molecule has 226 valence electrons. The Kier molecular flexibility index (Phi) is 12.1. The maximum atomic E-state index is 13.9. The standard InChI is InChI=1S/C31H37Cl2N3O5S/c1-5-22(3)34-31(38)29(6-2)35(19-24-12-17-27(32)28(33)18-24)30(37)20-36(42(4,39)40)25-13-15-26(16-14-25)41-21-23-10-8-7-9-11-23/h7-18,22,29H,5-6,19-21H2,1-4H3,(H,34,38)/t22-,29-/m1/s1. The van der Waals surface area contributed by atoms with Gasteiger partial charge in [0.25, 0.3) is 0 Å². The second kappa shape index (κ2) is 15.3. The molecule has 42 heavy (non-hydrogen) atoms. The van der Waals surface area contributed by atoms with Gasteiger partial charge in [-0.25, -0.2) is 8.42 Å². The Morgan fingerprint density at radius 2 is 1.57 bits per heavy atom. The van der Waals surface area contributed by atoms with Crippen molar-refractivity contribution in [2.45, 2.75) is 58.8 Å². The maximum absolute atomic E-state index is 13.9. The number of amides is 2. The van der Waals surface area contributed by atoms with Crippen molar-refractivity contribution >= 4 is 50.7 Å². The summed E-state index contributed by atoms with van der Waals surface area (Å²) in [4.78, 5) is 28.5. The van der Waals surface area contributed by atoms with Gasteiger partial charge in [0, 0.05) is 12.6 Å². The number of hydrogen-bond donors (Lipinski definition) is 1. The van der Waals surface area contributed by atoms with E-state index >= 15 is 0 Å². The number of benzene rings is 3. The molecule has 11 heteroatoms. The van der Waals surface area contributed by atoms with Gasteiger partial charge in [-0.3, -0.25) is 13.9 Å². The number of nitrogens with one attached hydrogen (secondary N) is 1. The number of hydrogen-bond acceptors (Lipinski definition) is 5. The van der Waals surface area contributed by atoms with Gasteiger partial charge >= 0.3 is 0 Å². The Bertz CT molecular complexity index is 1450. The highest BCUT2D eigenvalue weighted by molar-refractivity contribution is 7.92. The van der Waals surface area contributed by atoms with E-state index in [4.69, 9.17) is 27.9 Å². The van der Waals surface area contributed by atoms with Crippen LogP contribution in [0.15, 0.2) is 72.8 Å². The molecule has 0 aliphatic heterocycles. The van der Waals surface area contributed by atoms with E-state index in [1.165, 1.54) is 4.90 Å². The van der Waals surface area contributed by atoms with E-state index in [2.05, 4.69) is 5.32 Å². The van der Waals surface area contributed by atoms with Crippen molar-refractivity contribution in [3.8, 4) is 5.75 Å². The molecule has 0 bridgehead atoms. The van der Waals surface area contributed by atoms with E-state index in [9.17, 15) is 18.0 Å². The lowest BCUT2D eigenvalue weighted by Gasteiger charge is -2.33. The van der Waals surface area contributed by atoms with Gasteiger partial charge in [0.2, 0.25) is 21.8 Å². The molecule has 0 aromatic heterocycles. The molecule has 1 N–H and O–H groups in total. The predicted octanol–water partition coefficient (Wildman–Crippen LogP) is 6.06. The van der Waals surface area contributed by atoms with Gasteiger partial charge in [0.05, 0.1) is 22.0 Å². The number of carbonyl (C=O) groups excluding carboxylic acids is 2. The van der Waals surface area contributed by atoms with Crippen molar-refractivity contribution in [2.75, 3.05) is 17.1 Å². The molecule has 3 aromatic carbocycles. The van der Waals surface area contributed by atoms with Crippen LogP contribution < -0.4 is 14.4 Å². The molecular formula is C31H37Cl2N3O5S. The number of sulfonamides is 1. The molecule has 2 atom stereocenters. The van der Waals surface area contributed by atoms with E-state index in [1.54, 1.807) is 49.4 Å². The zero-order chi connectivity index (χ0) is 30.9. The van der Waals surface area contributed by atoms with Crippen LogP contribution >= 0.6 is 23.2 Å². The summed E-state index contributed by atoms with van der Waals surface area (Å²) in [5.74, 6) is -0.301. The minimum absolute atomic E-state index is 0.0338. The van der Waals surface area contributed by atoms with Gasteiger partial charge in [-0.1, -0.05) is 73.4 Å². The first-order valence-corrected chi connectivity index (χ1v) is 16.3. The summed E-state index contributed by atoms with van der Waals surface area (Å²) in [6.45, 7) is 5.53. The van der Waals surface area contributed by atoms with Crippen LogP contribution in [0, 0.1) is 0 Å². The molecule has 0 saturated heterocycles. The Balaban J connectivity index is 1.87. The molecule has 3 rings (SSSR count). The lowest BCUT2D eigenvalue weighted by Crippen LogP contribution is -2.53. The third-order valence-electron chi connectivity index (χ3n) is 6.78. The first kappa shape index (κ1) is 33.2. The molecule has 0 radical (unpaired) electrons. The van der Waals surface area contributed by atoms with E-state index < -0.39 is 28.5 Å². The van der Waals surface area contributed by atoms with Crippen LogP contribution in [0.4, 0.5) is 5.69 Å². The smallest absolute Gasteiger partial charge is 0.244 e. The summed E-state index contributed by atoms with van der Waals surface area (Å²) in [5.41, 5.74) is 1.94. The molecule has 0 aliphatic carbocycles. The van der Waals surface area contributed by atoms with Crippen LogP contribution in [-0.4, -0.2) is 50.0 Å². The van der Waals surface area contributed by atoms with E-state index in [0.29, 0.717) is 40.1 Å². The quantitative estimate of drug-likeness (QED) is 0.233. The van der Waals surface area contributed by atoms with Crippen LogP contribution in [-0.2, 0) is 32.8 Å². The Hall–Kier alpha value is -3.27. The molecular weight excluding hydrogens is 597 g/mol. The lowest BCUT2D eigenvalue weighted by molar-refractivity contribution is -0.140. The zero-order valence-electron chi connectivity index (χ0n) is 24.2. The van der Waals surface area contributed by atoms with Gasteiger partial charge in [0.15, 0.2) is 0 Å². The summed E-state index contributed by atoms with van der Waals surface area (Å²) in [6, 6.07) is 20.2. The van der Waals surface area contributed by atoms with Gasteiger partial charge in [0.1, 0.15) is 24.9 Å². The average Bonchev–Trinajstić information content (AvgIpc) is 2.96. The normalized spacial score (nSPS) is 12.7. The Morgan fingerprint density at radius 1 is 0.905 bits per heavy atom. The summed E-state index contributed by atoms with van der Waals surface area (Å²) in [6.07, 6.45) is 2.08. The monoisotopic (exact) mass is 633 g/mol. The second-order valence-corrected chi connectivity index (χ2v) is 12.8. The molecule has 0 fully saturated rings. The average molecular weight is 635 g/mol. The minimum atomic E-state index is -3.87. The molecule has 2 amide bonds. The van der Waals surface area contributed by atoms with Gasteiger partial charge in [-0.05, 0) is 67.3 Å². The summed E-state index contributed by atoms with van der Waals surface area (Å²) >= 11 is 12.3. The van der Waals surface area contributed by atoms with Crippen LogP contribution in [0.1, 0.15) is 44.7 Å². The van der Waals surface area contributed by atoms with Crippen molar-refractivity contribution in [3.63, 3.8) is 0 Å². The van der Waals surface area contributed by atoms with Gasteiger partial charge < -0.3 is 15.0 Å². The largest absolute Gasteiger partial charge is 0.489 e. The number of nitrogens with zero attached hydrogens (tertiary/aromatic N) is 2. The molecule has 0 saturated carbocycles. The number of anilines is 1. The molecule has 0 aliphatic rings. The van der Waals surface area contributed by atoms with Crippen molar-refractivity contribution in [1.82, 2.24) is 10.2 Å². The topological polar surface area (TPSA) is 96.0 Å². The lowest BCUT2D eigenvalue weighted by atomic mass is 10.1. The van der Waals surface area contributed by atoms with E-state index in [0.717, 1.165) is 22.5 Å². The summed E-state index contributed by atoms with van der Waals surface area (Å²) in [5, 5.41) is 3.61. The van der Waals surface area contributed by atoms with Gasteiger partial charge in [-0.2, -0.15) is 0 Å². The Morgan fingerprint density at radius 3 is 2.14 bits per heavy atom. The zero-order valence-corrected chi connectivity index (χ0v) is 26.5. The highest BCUT2D eigenvalue weighted by Crippen LogP contribution is 2.26. The first-order valence-electron chi connectivity index (χ1n) is 13.7. The fraction of sp³-hybridized carbons (Fsp3) is 0.355. The van der Waals surface area contributed by atoms with Crippen LogP contribution in [0.5, 0.6) is 5.75 Å². The first-order chi connectivity index (χ1) is 19.9. The third-order valence-corrected chi connectivity index (χ3v) is 8.66. The summed E-state index contributed by atoms with van der Waals surface area (Å²) in [7, 11) is -3.87. The van der Waals surface area contributed by atoms with Crippen LogP contribution in [0.3, 0.4) is 0 Å². The molecule has 0 unspecified atom stereocenters. The van der Waals surface area contributed by atoms with E-state index in [1.807, 2.05) is 44.2 Å². The molecule has 0 heterocycles. The molecule has 0 spiro atoms. The van der Waals surface area contributed by atoms with Crippen molar-refractivity contribution in [3.05, 3.63) is 94.0 Å².